The molecule has 36 heavy (non-hydrogen) atoms. The van der Waals surface area contributed by atoms with Gasteiger partial charge < -0.3 is 15.0 Å². The molecular weight excluding hydrogens is 460 g/mol. The maximum atomic E-state index is 13.4. The Kier molecular flexibility index (Phi) is 6.41. The number of aryl methyl sites for hydroxylation is 1. The number of nitrogens with zero attached hydrogens (tertiary/aromatic N) is 5. The highest BCUT2D eigenvalue weighted by Gasteiger charge is 2.29. The summed E-state index contributed by atoms with van der Waals surface area (Å²) in [5, 5.41) is 7.36. The van der Waals surface area contributed by atoms with Gasteiger partial charge in [0.15, 0.2) is 5.82 Å². The molecule has 0 aliphatic carbocycles. The molecule has 1 saturated heterocycles. The lowest BCUT2D eigenvalue weighted by Crippen LogP contribution is -2.37. The number of hydrogen-bond acceptors (Lipinski definition) is 7. The standard InChI is InChI=1S/C26H28N6O4/c1-3-36-25(34)18-11-13-30(14-12-18)23-24-29-31(16-22(33)27-19-8-6-7-17(2)15-19)26(35)32(24)21-10-5-4-9-20(21)28-23/h4-10,15,18H,3,11-14,16H2,1-2H3,(H,27,33). The van der Waals surface area contributed by atoms with E-state index in [9.17, 15) is 14.4 Å². The van der Waals surface area contributed by atoms with Crippen molar-refractivity contribution in [3.05, 3.63) is 64.6 Å². The molecule has 0 spiro atoms. The van der Waals surface area contributed by atoms with Gasteiger partial charge in [0, 0.05) is 18.8 Å². The molecule has 2 aromatic carbocycles. The predicted octanol–water partition coefficient (Wildman–Crippen LogP) is 2.77. The lowest BCUT2D eigenvalue weighted by molar-refractivity contribution is -0.148. The molecular formula is C26H28N6O4. The Bertz CT molecular complexity index is 1500. The van der Waals surface area contributed by atoms with E-state index >= 15 is 0 Å². The third-order valence-electron chi connectivity index (χ3n) is 6.40. The maximum Gasteiger partial charge on any atom is 0.351 e. The summed E-state index contributed by atoms with van der Waals surface area (Å²) in [4.78, 5) is 45.2. The zero-order chi connectivity index (χ0) is 25.2. The van der Waals surface area contributed by atoms with Crippen LogP contribution in [0.2, 0.25) is 0 Å². The van der Waals surface area contributed by atoms with Crippen LogP contribution in [0.5, 0.6) is 0 Å². The molecule has 4 aromatic rings. The summed E-state index contributed by atoms with van der Waals surface area (Å²) in [7, 11) is 0. The Balaban J connectivity index is 1.48. The van der Waals surface area contributed by atoms with Crippen molar-refractivity contribution in [1.82, 2.24) is 19.2 Å². The smallest absolute Gasteiger partial charge is 0.351 e. The number of ether oxygens (including phenoxy) is 1. The van der Waals surface area contributed by atoms with Crippen molar-refractivity contribution in [2.45, 2.75) is 33.2 Å². The maximum absolute atomic E-state index is 13.4. The van der Waals surface area contributed by atoms with Crippen LogP contribution >= 0.6 is 0 Å². The highest BCUT2D eigenvalue weighted by atomic mass is 16.5. The first-order valence-electron chi connectivity index (χ1n) is 12.1. The highest BCUT2D eigenvalue weighted by Crippen LogP contribution is 2.27. The van der Waals surface area contributed by atoms with E-state index in [0.717, 1.165) is 5.56 Å². The number of nitrogens with one attached hydrogen (secondary N) is 1. The predicted molar refractivity (Wildman–Crippen MR) is 136 cm³/mol. The average Bonchev–Trinajstić information content (AvgIpc) is 3.19. The van der Waals surface area contributed by atoms with Gasteiger partial charge in [-0.05, 0) is 56.5 Å². The normalized spacial score (nSPS) is 14.3. The van der Waals surface area contributed by atoms with Gasteiger partial charge in [-0.3, -0.25) is 9.59 Å². The fourth-order valence-electron chi connectivity index (χ4n) is 4.64. The number of carbonyl (C=O) groups excluding carboxylic acids is 2. The number of anilines is 2. The molecule has 186 valence electrons. The SMILES string of the molecule is CCOC(=O)C1CCN(c2nc3ccccc3n3c(=O)n(CC(=O)Nc4cccc(C)c4)nc23)CC1. The van der Waals surface area contributed by atoms with Crippen LogP contribution in [0.1, 0.15) is 25.3 Å². The number of esters is 1. The minimum Gasteiger partial charge on any atom is -0.466 e. The van der Waals surface area contributed by atoms with E-state index in [0.29, 0.717) is 60.7 Å². The zero-order valence-electron chi connectivity index (χ0n) is 20.3. The third kappa shape index (κ3) is 4.53. The van der Waals surface area contributed by atoms with Gasteiger partial charge in [-0.1, -0.05) is 24.3 Å². The monoisotopic (exact) mass is 488 g/mol. The van der Waals surface area contributed by atoms with E-state index in [1.54, 1.807) is 13.0 Å². The van der Waals surface area contributed by atoms with Crippen molar-refractivity contribution >= 4 is 40.1 Å². The number of piperidine rings is 1. The van der Waals surface area contributed by atoms with Crippen LogP contribution in [0.15, 0.2) is 53.3 Å². The summed E-state index contributed by atoms with van der Waals surface area (Å²) in [5.41, 5.74) is 2.93. The first-order valence-corrected chi connectivity index (χ1v) is 12.1. The van der Waals surface area contributed by atoms with Gasteiger partial charge in [-0.25, -0.2) is 18.9 Å². The average molecular weight is 489 g/mol. The largest absolute Gasteiger partial charge is 0.466 e. The van der Waals surface area contributed by atoms with Crippen molar-refractivity contribution in [2.24, 2.45) is 5.92 Å². The second kappa shape index (κ2) is 9.80. The molecule has 0 bridgehead atoms. The van der Waals surface area contributed by atoms with Gasteiger partial charge in [0.1, 0.15) is 6.54 Å². The van der Waals surface area contributed by atoms with Crippen LogP contribution in [0.3, 0.4) is 0 Å². The molecule has 1 N–H and O–H groups in total. The minimum atomic E-state index is -0.411. The quantitative estimate of drug-likeness (QED) is 0.416. The number of rotatable bonds is 6. The van der Waals surface area contributed by atoms with Gasteiger partial charge in [-0.2, -0.15) is 0 Å². The van der Waals surface area contributed by atoms with E-state index < -0.39 is 5.69 Å². The van der Waals surface area contributed by atoms with Crippen molar-refractivity contribution in [1.29, 1.82) is 0 Å². The molecule has 5 rings (SSSR count). The number of aromatic nitrogens is 4. The summed E-state index contributed by atoms with van der Waals surface area (Å²) < 4.78 is 7.86. The van der Waals surface area contributed by atoms with Gasteiger partial charge in [-0.15, -0.1) is 5.10 Å². The summed E-state index contributed by atoms with van der Waals surface area (Å²) in [6.45, 7) is 5.05. The fourth-order valence-corrected chi connectivity index (χ4v) is 4.64. The molecule has 0 saturated carbocycles. The van der Waals surface area contributed by atoms with Crippen molar-refractivity contribution in [3.8, 4) is 0 Å². The number of hydrogen-bond donors (Lipinski definition) is 1. The van der Waals surface area contributed by atoms with E-state index in [-0.39, 0.29) is 24.3 Å². The first kappa shape index (κ1) is 23.5. The topological polar surface area (TPSA) is 111 Å². The van der Waals surface area contributed by atoms with Crippen LogP contribution in [-0.4, -0.2) is 50.7 Å². The van der Waals surface area contributed by atoms with Gasteiger partial charge in [0.2, 0.25) is 11.6 Å². The van der Waals surface area contributed by atoms with Crippen LogP contribution < -0.4 is 15.9 Å². The van der Waals surface area contributed by atoms with Crippen molar-refractivity contribution in [3.63, 3.8) is 0 Å². The summed E-state index contributed by atoms with van der Waals surface area (Å²) >= 11 is 0. The Morgan fingerprint density at radius 1 is 1.11 bits per heavy atom. The lowest BCUT2D eigenvalue weighted by atomic mass is 9.97. The molecule has 0 atom stereocenters. The lowest BCUT2D eigenvalue weighted by Gasteiger charge is -2.31. The van der Waals surface area contributed by atoms with Gasteiger partial charge in [0.25, 0.3) is 0 Å². The number of fused-ring (bicyclic) bond motifs is 3. The van der Waals surface area contributed by atoms with Gasteiger partial charge >= 0.3 is 11.7 Å². The Labute approximate surface area is 207 Å². The van der Waals surface area contributed by atoms with Crippen LogP contribution in [0.4, 0.5) is 11.5 Å². The van der Waals surface area contributed by atoms with Crippen LogP contribution in [-0.2, 0) is 20.9 Å². The molecule has 1 amide bonds. The first-order chi connectivity index (χ1) is 17.4. The molecule has 10 nitrogen and oxygen atoms in total. The van der Waals surface area contributed by atoms with Crippen molar-refractivity contribution in [2.75, 3.05) is 29.9 Å². The fraction of sp³-hybridized carbons (Fsp3) is 0.346. The van der Waals surface area contributed by atoms with E-state index in [1.807, 2.05) is 54.3 Å². The van der Waals surface area contributed by atoms with Crippen LogP contribution in [0, 0.1) is 12.8 Å². The van der Waals surface area contributed by atoms with E-state index in [4.69, 9.17) is 9.72 Å². The number of carbonyl (C=O) groups is 2. The van der Waals surface area contributed by atoms with E-state index in [2.05, 4.69) is 10.4 Å². The Hall–Kier alpha value is -4.21. The molecule has 10 heteroatoms. The highest BCUT2D eigenvalue weighted by molar-refractivity contribution is 5.90. The Morgan fingerprint density at radius 3 is 2.64 bits per heavy atom. The van der Waals surface area contributed by atoms with Crippen molar-refractivity contribution < 1.29 is 14.3 Å². The molecule has 2 aromatic heterocycles. The molecule has 1 aliphatic rings. The molecule has 0 radical (unpaired) electrons. The third-order valence-corrected chi connectivity index (χ3v) is 6.40. The number of para-hydroxylation sites is 2. The van der Waals surface area contributed by atoms with E-state index in [1.165, 1.54) is 9.08 Å². The minimum absolute atomic E-state index is 0.150. The summed E-state index contributed by atoms with van der Waals surface area (Å²) in [6.07, 6.45) is 1.26. The Morgan fingerprint density at radius 2 is 1.89 bits per heavy atom. The molecule has 1 fully saturated rings. The summed E-state index contributed by atoms with van der Waals surface area (Å²) in [5.74, 6) is -0.109. The second-order valence-electron chi connectivity index (χ2n) is 8.95. The number of amides is 1. The molecule has 3 heterocycles. The summed E-state index contributed by atoms with van der Waals surface area (Å²) in [6, 6.07) is 14.8. The van der Waals surface area contributed by atoms with Gasteiger partial charge in [0.05, 0.1) is 23.6 Å². The number of benzene rings is 2. The molecule has 0 unspecified atom stereocenters. The second-order valence-corrected chi connectivity index (χ2v) is 8.95. The molecule has 1 aliphatic heterocycles. The van der Waals surface area contributed by atoms with Crippen LogP contribution in [0.25, 0.3) is 16.7 Å². The zero-order valence-corrected chi connectivity index (χ0v) is 20.3.